The molecule has 21 heavy (non-hydrogen) atoms. The molecule has 2 aliphatic rings. The number of amides is 2. The quantitative estimate of drug-likeness (QED) is 0.774. The Morgan fingerprint density at radius 2 is 1.86 bits per heavy atom. The molecule has 0 aromatic heterocycles. The average molecular weight is 292 g/mol. The maximum atomic E-state index is 12.0. The summed E-state index contributed by atoms with van der Waals surface area (Å²) in [6.45, 7) is 0.927. The molecular weight excluding hydrogens is 268 g/mol. The van der Waals surface area contributed by atoms with E-state index in [1.807, 2.05) is 0 Å². The molecule has 1 saturated heterocycles. The molecule has 0 aromatic rings. The van der Waals surface area contributed by atoms with E-state index < -0.39 is 0 Å². The van der Waals surface area contributed by atoms with E-state index in [0.717, 1.165) is 25.7 Å². The van der Waals surface area contributed by atoms with Crippen molar-refractivity contribution >= 4 is 11.8 Å². The van der Waals surface area contributed by atoms with Gasteiger partial charge in [-0.15, -0.1) is 0 Å². The number of hydrogen-bond donors (Lipinski definition) is 2. The van der Waals surface area contributed by atoms with Crippen LogP contribution < -0.4 is 10.6 Å². The van der Waals surface area contributed by atoms with Crippen LogP contribution in [0.2, 0.25) is 0 Å². The molecule has 0 aromatic carbocycles. The fourth-order valence-electron chi connectivity index (χ4n) is 3.11. The molecule has 1 aliphatic carbocycles. The van der Waals surface area contributed by atoms with E-state index in [0.29, 0.717) is 12.6 Å². The van der Waals surface area contributed by atoms with E-state index >= 15 is 0 Å². The first-order chi connectivity index (χ1) is 10.2. The van der Waals surface area contributed by atoms with Crippen LogP contribution in [0, 0.1) is 11.3 Å². The van der Waals surface area contributed by atoms with Gasteiger partial charge in [0.25, 0.3) is 0 Å². The summed E-state index contributed by atoms with van der Waals surface area (Å²) in [6, 6.07) is 2.15. The summed E-state index contributed by atoms with van der Waals surface area (Å²) in [5.74, 6) is -0.141. The van der Waals surface area contributed by atoms with E-state index in [9.17, 15) is 9.59 Å². The molecule has 2 fully saturated rings. The number of carbonyl (C=O) groups is 2. The van der Waals surface area contributed by atoms with Crippen LogP contribution in [-0.4, -0.2) is 48.4 Å². The minimum Gasteiger partial charge on any atom is -0.352 e. The molecule has 116 valence electrons. The van der Waals surface area contributed by atoms with Gasteiger partial charge >= 0.3 is 0 Å². The normalized spacial score (nSPS) is 22.8. The highest BCUT2D eigenvalue weighted by Gasteiger charge is 2.28. The van der Waals surface area contributed by atoms with Crippen molar-refractivity contribution in [3.05, 3.63) is 0 Å². The zero-order valence-electron chi connectivity index (χ0n) is 12.4. The highest BCUT2D eigenvalue weighted by Crippen LogP contribution is 2.17. The lowest BCUT2D eigenvalue weighted by Crippen LogP contribution is -2.45. The summed E-state index contributed by atoms with van der Waals surface area (Å²) in [5, 5.41) is 14.8. The number of nitrogens with zero attached hydrogens (tertiary/aromatic N) is 2. The van der Waals surface area contributed by atoms with Gasteiger partial charge in [-0.2, -0.15) is 5.26 Å². The van der Waals surface area contributed by atoms with Crippen molar-refractivity contribution in [3.8, 4) is 6.07 Å². The van der Waals surface area contributed by atoms with Crippen LogP contribution in [0.1, 0.15) is 44.9 Å². The smallest absolute Gasteiger partial charge is 0.237 e. The zero-order chi connectivity index (χ0) is 15.1. The third-order valence-corrected chi connectivity index (χ3v) is 4.25. The monoisotopic (exact) mass is 292 g/mol. The van der Waals surface area contributed by atoms with Crippen LogP contribution in [-0.2, 0) is 9.59 Å². The summed E-state index contributed by atoms with van der Waals surface area (Å²) in [7, 11) is 0. The van der Waals surface area contributed by atoms with Gasteiger partial charge in [-0.1, -0.05) is 19.3 Å². The van der Waals surface area contributed by atoms with Crippen LogP contribution in [0.3, 0.4) is 0 Å². The molecule has 0 bridgehead atoms. The highest BCUT2D eigenvalue weighted by atomic mass is 16.2. The molecule has 0 radical (unpaired) electrons. The lowest BCUT2D eigenvalue weighted by atomic mass is 9.95. The van der Waals surface area contributed by atoms with Gasteiger partial charge < -0.3 is 10.2 Å². The molecule has 2 amide bonds. The zero-order valence-corrected chi connectivity index (χ0v) is 12.4. The molecule has 1 atom stereocenters. The van der Waals surface area contributed by atoms with E-state index in [2.05, 4.69) is 16.7 Å². The Morgan fingerprint density at radius 3 is 2.57 bits per heavy atom. The third-order valence-electron chi connectivity index (χ3n) is 4.25. The molecule has 1 unspecified atom stereocenters. The molecule has 6 nitrogen and oxygen atoms in total. The van der Waals surface area contributed by atoms with Crippen molar-refractivity contribution in [1.29, 1.82) is 5.26 Å². The molecule has 2 N–H and O–H groups in total. The largest absolute Gasteiger partial charge is 0.352 e. The lowest BCUT2D eigenvalue weighted by molar-refractivity contribution is -0.130. The first-order valence-electron chi connectivity index (χ1n) is 7.90. The Bertz CT molecular complexity index is 412. The molecular formula is C15H24N4O2. The summed E-state index contributed by atoms with van der Waals surface area (Å²) in [6.07, 6.45) is 7.37. The van der Waals surface area contributed by atoms with Gasteiger partial charge in [-0.25, -0.2) is 0 Å². The minimum absolute atomic E-state index is 0.0482. The van der Waals surface area contributed by atoms with E-state index in [1.165, 1.54) is 19.3 Å². The maximum absolute atomic E-state index is 12.0. The van der Waals surface area contributed by atoms with Crippen molar-refractivity contribution in [3.63, 3.8) is 0 Å². The van der Waals surface area contributed by atoms with Crippen LogP contribution in [0.4, 0.5) is 0 Å². The maximum Gasteiger partial charge on any atom is 0.237 e. The lowest BCUT2D eigenvalue weighted by Gasteiger charge is -2.23. The molecule has 6 heteroatoms. The summed E-state index contributed by atoms with van der Waals surface area (Å²) < 4.78 is 0. The van der Waals surface area contributed by atoms with Crippen molar-refractivity contribution in [2.75, 3.05) is 19.6 Å². The molecule has 1 saturated carbocycles. The summed E-state index contributed by atoms with van der Waals surface area (Å²) >= 11 is 0. The van der Waals surface area contributed by atoms with Crippen LogP contribution in [0.5, 0.6) is 0 Å². The van der Waals surface area contributed by atoms with Crippen molar-refractivity contribution in [2.24, 2.45) is 0 Å². The standard InChI is InChI=1S/C15H24N4O2/c16-9-13-7-4-8-19(13)15(21)11-17-10-14(20)18-12-5-2-1-3-6-12/h12-13,17H,1-8,10-11H2,(H,18,20). The van der Waals surface area contributed by atoms with Crippen LogP contribution >= 0.6 is 0 Å². The second kappa shape index (κ2) is 7.99. The summed E-state index contributed by atoms with van der Waals surface area (Å²) in [4.78, 5) is 25.4. The van der Waals surface area contributed by atoms with Gasteiger partial charge in [0, 0.05) is 12.6 Å². The van der Waals surface area contributed by atoms with E-state index in [1.54, 1.807) is 4.90 Å². The number of likely N-dealkylation sites (tertiary alicyclic amines) is 1. The molecule has 0 spiro atoms. The Hall–Kier alpha value is -1.61. The van der Waals surface area contributed by atoms with Gasteiger partial charge in [0.15, 0.2) is 0 Å². The second-order valence-electron chi connectivity index (χ2n) is 5.88. The fourth-order valence-corrected chi connectivity index (χ4v) is 3.11. The van der Waals surface area contributed by atoms with Crippen molar-refractivity contribution in [1.82, 2.24) is 15.5 Å². The van der Waals surface area contributed by atoms with Gasteiger partial charge in [0.2, 0.25) is 11.8 Å². The Morgan fingerprint density at radius 1 is 1.10 bits per heavy atom. The summed E-state index contributed by atoms with van der Waals surface area (Å²) in [5.41, 5.74) is 0. The van der Waals surface area contributed by atoms with E-state index in [4.69, 9.17) is 5.26 Å². The van der Waals surface area contributed by atoms with Crippen LogP contribution in [0.15, 0.2) is 0 Å². The SMILES string of the molecule is N#CC1CCCN1C(=O)CNCC(=O)NC1CCCCC1. The third kappa shape index (κ3) is 4.71. The fraction of sp³-hybridized carbons (Fsp3) is 0.800. The Kier molecular flexibility index (Phi) is 6.00. The number of rotatable bonds is 5. The van der Waals surface area contributed by atoms with Gasteiger partial charge in [-0.3, -0.25) is 14.9 Å². The van der Waals surface area contributed by atoms with E-state index in [-0.39, 0.29) is 30.9 Å². The van der Waals surface area contributed by atoms with Crippen LogP contribution in [0.25, 0.3) is 0 Å². The van der Waals surface area contributed by atoms with Gasteiger partial charge in [0.05, 0.1) is 19.2 Å². The second-order valence-corrected chi connectivity index (χ2v) is 5.88. The average Bonchev–Trinajstić information content (AvgIpc) is 2.96. The van der Waals surface area contributed by atoms with Gasteiger partial charge in [-0.05, 0) is 25.7 Å². The molecule has 2 rings (SSSR count). The molecule has 1 heterocycles. The topological polar surface area (TPSA) is 85.2 Å². The van der Waals surface area contributed by atoms with Crippen molar-refractivity contribution in [2.45, 2.75) is 57.0 Å². The predicted octanol–water partition coefficient (Wildman–Crippen LogP) is 0.539. The Labute approximate surface area is 125 Å². The van der Waals surface area contributed by atoms with Gasteiger partial charge in [0.1, 0.15) is 6.04 Å². The number of carbonyl (C=O) groups excluding carboxylic acids is 2. The first kappa shape index (κ1) is 15.8. The number of nitrogens with one attached hydrogen (secondary N) is 2. The number of nitriles is 1. The first-order valence-corrected chi connectivity index (χ1v) is 7.90. The minimum atomic E-state index is -0.296. The number of hydrogen-bond acceptors (Lipinski definition) is 4. The predicted molar refractivity (Wildman–Crippen MR) is 78.2 cm³/mol. The Balaban J connectivity index is 1.63. The highest BCUT2D eigenvalue weighted by molar-refractivity contribution is 5.81. The molecule has 1 aliphatic heterocycles. The van der Waals surface area contributed by atoms with Crippen molar-refractivity contribution < 1.29 is 9.59 Å².